The van der Waals surface area contributed by atoms with Gasteiger partial charge in [-0.15, -0.1) is 0 Å². The summed E-state index contributed by atoms with van der Waals surface area (Å²) < 4.78 is 18.5. The Morgan fingerprint density at radius 3 is 2.88 bits per heavy atom. The van der Waals surface area contributed by atoms with Crippen molar-refractivity contribution in [3.63, 3.8) is 0 Å². The van der Waals surface area contributed by atoms with Crippen LogP contribution in [0.15, 0.2) is 6.20 Å². The van der Waals surface area contributed by atoms with Gasteiger partial charge < -0.3 is 15.4 Å². The first-order valence-electron chi connectivity index (χ1n) is 5.70. The van der Waals surface area contributed by atoms with E-state index in [0.717, 1.165) is 19.2 Å². The molecule has 0 bridgehead atoms. The van der Waals surface area contributed by atoms with Crippen molar-refractivity contribution in [3.8, 4) is 0 Å². The van der Waals surface area contributed by atoms with Gasteiger partial charge >= 0.3 is 0 Å². The zero-order valence-corrected chi connectivity index (χ0v) is 10.5. The van der Waals surface area contributed by atoms with E-state index in [1.165, 1.54) is 0 Å². The lowest BCUT2D eigenvalue weighted by molar-refractivity contribution is 0.128. The second-order valence-corrected chi connectivity index (χ2v) is 3.74. The van der Waals surface area contributed by atoms with Crippen molar-refractivity contribution in [1.29, 1.82) is 0 Å². The summed E-state index contributed by atoms with van der Waals surface area (Å²) in [6, 6.07) is 0. The maximum Gasteiger partial charge on any atom is 0.224 e. The van der Waals surface area contributed by atoms with Gasteiger partial charge in [-0.05, 0) is 13.3 Å². The first-order chi connectivity index (χ1) is 8.17. The molecule has 0 aliphatic rings. The van der Waals surface area contributed by atoms with Gasteiger partial charge in [-0.1, -0.05) is 6.92 Å². The Morgan fingerprint density at radius 1 is 1.47 bits per heavy atom. The fourth-order valence-electron chi connectivity index (χ4n) is 1.14. The van der Waals surface area contributed by atoms with Crippen LogP contribution in [0.4, 0.5) is 16.2 Å². The van der Waals surface area contributed by atoms with Crippen molar-refractivity contribution < 1.29 is 9.13 Å². The molecule has 0 amide bonds. The highest BCUT2D eigenvalue weighted by Crippen LogP contribution is 2.11. The number of hydrogen-bond donors (Lipinski definition) is 2. The Bertz CT molecular complexity index is 348. The van der Waals surface area contributed by atoms with Crippen molar-refractivity contribution in [3.05, 3.63) is 12.0 Å². The van der Waals surface area contributed by atoms with Crippen LogP contribution < -0.4 is 10.6 Å². The first-order valence-corrected chi connectivity index (χ1v) is 5.70. The van der Waals surface area contributed by atoms with Crippen LogP contribution in [0.5, 0.6) is 0 Å². The summed E-state index contributed by atoms with van der Waals surface area (Å²) in [5.74, 6) is 0.165. The van der Waals surface area contributed by atoms with Gasteiger partial charge in [0.05, 0.1) is 12.3 Å². The number of aromatic nitrogens is 2. The van der Waals surface area contributed by atoms with E-state index < -0.39 is 5.82 Å². The largest absolute Gasteiger partial charge is 0.380 e. The molecule has 0 radical (unpaired) electrons. The molecule has 0 fully saturated rings. The van der Waals surface area contributed by atoms with Gasteiger partial charge in [-0.3, -0.25) is 0 Å². The second-order valence-electron chi connectivity index (χ2n) is 3.74. The van der Waals surface area contributed by atoms with E-state index in [-0.39, 0.29) is 11.9 Å². The molecule has 6 heteroatoms. The highest BCUT2D eigenvalue weighted by Gasteiger charge is 2.07. The van der Waals surface area contributed by atoms with Crippen molar-refractivity contribution in [1.82, 2.24) is 9.97 Å². The van der Waals surface area contributed by atoms with Crippen molar-refractivity contribution in [2.75, 3.05) is 30.8 Å². The van der Waals surface area contributed by atoms with Gasteiger partial charge in [0.1, 0.15) is 0 Å². The molecular formula is C11H19FN4O. The fourth-order valence-corrected chi connectivity index (χ4v) is 1.14. The molecule has 0 aliphatic heterocycles. The highest BCUT2D eigenvalue weighted by molar-refractivity contribution is 5.41. The average molecular weight is 242 g/mol. The number of nitrogens with zero attached hydrogens (tertiary/aromatic N) is 2. The van der Waals surface area contributed by atoms with Crippen LogP contribution in [0, 0.1) is 5.82 Å². The third-order valence-corrected chi connectivity index (χ3v) is 2.24. The number of nitrogens with one attached hydrogen (secondary N) is 2. The minimum Gasteiger partial charge on any atom is -0.380 e. The molecule has 96 valence electrons. The first kappa shape index (κ1) is 13.6. The Balaban J connectivity index is 2.62. The van der Waals surface area contributed by atoms with Crippen molar-refractivity contribution in [2.45, 2.75) is 26.4 Å². The summed E-state index contributed by atoms with van der Waals surface area (Å²) in [4.78, 5) is 7.91. The third kappa shape index (κ3) is 4.52. The Kier molecular flexibility index (Phi) is 5.62. The molecular weight excluding hydrogens is 223 g/mol. The molecule has 1 heterocycles. The van der Waals surface area contributed by atoms with Gasteiger partial charge in [0, 0.05) is 20.2 Å². The van der Waals surface area contributed by atoms with Crippen LogP contribution in [-0.2, 0) is 4.74 Å². The highest BCUT2D eigenvalue weighted by atomic mass is 19.1. The smallest absolute Gasteiger partial charge is 0.224 e. The Hall–Kier alpha value is -1.43. The SMILES string of the molecule is CCCNc1ncc(F)c(NCC(C)OC)n1. The normalized spacial score (nSPS) is 12.2. The van der Waals surface area contributed by atoms with E-state index in [0.29, 0.717) is 12.5 Å². The van der Waals surface area contributed by atoms with Crippen LogP contribution >= 0.6 is 0 Å². The minimum atomic E-state index is -0.463. The van der Waals surface area contributed by atoms with Crippen LogP contribution in [0.25, 0.3) is 0 Å². The lowest BCUT2D eigenvalue weighted by atomic mass is 10.4. The van der Waals surface area contributed by atoms with Crippen molar-refractivity contribution in [2.24, 2.45) is 0 Å². The van der Waals surface area contributed by atoms with E-state index in [1.807, 2.05) is 13.8 Å². The zero-order valence-electron chi connectivity index (χ0n) is 10.5. The number of hydrogen-bond acceptors (Lipinski definition) is 5. The molecule has 1 aromatic heterocycles. The summed E-state index contributed by atoms with van der Waals surface area (Å²) in [5.41, 5.74) is 0. The molecule has 0 spiro atoms. The second kappa shape index (κ2) is 7.01. The summed E-state index contributed by atoms with van der Waals surface area (Å²) >= 11 is 0. The van der Waals surface area contributed by atoms with E-state index >= 15 is 0 Å². The summed E-state index contributed by atoms with van der Waals surface area (Å²) in [7, 11) is 1.61. The molecule has 0 saturated heterocycles. The maximum atomic E-state index is 13.4. The third-order valence-electron chi connectivity index (χ3n) is 2.24. The number of rotatable bonds is 7. The number of anilines is 2. The van der Waals surface area contributed by atoms with Crippen LogP contribution in [0.1, 0.15) is 20.3 Å². The van der Waals surface area contributed by atoms with Gasteiger partial charge in [0.25, 0.3) is 0 Å². The van der Waals surface area contributed by atoms with Gasteiger partial charge in [-0.25, -0.2) is 9.37 Å². The van der Waals surface area contributed by atoms with Gasteiger partial charge in [0.2, 0.25) is 5.95 Å². The minimum absolute atomic E-state index is 0.00332. The number of methoxy groups -OCH3 is 1. The van der Waals surface area contributed by atoms with E-state index in [9.17, 15) is 4.39 Å². The summed E-state index contributed by atoms with van der Waals surface area (Å²) in [6.07, 6.45) is 2.12. The molecule has 17 heavy (non-hydrogen) atoms. The quantitative estimate of drug-likeness (QED) is 0.764. The predicted octanol–water partition coefficient (Wildman–Crippen LogP) is 1.88. The maximum absolute atomic E-state index is 13.4. The molecule has 5 nitrogen and oxygen atoms in total. The molecule has 1 aromatic rings. The fraction of sp³-hybridized carbons (Fsp3) is 0.636. The van der Waals surface area contributed by atoms with Crippen LogP contribution in [0.2, 0.25) is 0 Å². The molecule has 1 atom stereocenters. The monoisotopic (exact) mass is 242 g/mol. The topological polar surface area (TPSA) is 59.1 Å². The molecule has 2 N–H and O–H groups in total. The molecule has 1 unspecified atom stereocenters. The molecule has 0 saturated carbocycles. The lowest BCUT2D eigenvalue weighted by Gasteiger charge is -2.12. The van der Waals surface area contributed by atoms with Crippen LogP contribution in [-0.4, -0.2) is 36.3 Å². The molecule has 1 rings (SSSR count). The lowest BCUT2D eigenvalue weighted by Crippen LogP contribution is -2.20. The Labute approximate surface area is 101 Å². The molecule has 0 aromatic carbocycles. The summed E-state index contributed by atoms with van der Waals surface area (Å²) in [5, 5.41) is 5.89. The van der Waals surface area contributed by atoms with E-state index in [4.69, 9.17) is 4.74 Å². The number of ether oxygens (including phenoxy) is 1. The van der Waals surface area contributed by atoms with E-state index in [1.54, 1.807) is 7.11 Å². The summed E-state index contributed by atoms with van der Waals surface area (Å²) in [6.45, 7) is 5.19. The van der Waals surface area contributed by atoms with Crippen LogP contribution in [0.3, 0.4) is 0 Å². The van der Waals surface area contributed by atoms with E-state index in [2.05, 4.69) is 20.6 Å². The number of halogens is 1. The molecule has 0 aliphatic carbocycles. The zero-order chi connectivity index (χ0) is 12.7. The average Bonchev–Trinajstić information content (AvgIpc) is 2.35. The Morgan fingerprint density at radius 2 is 2.24 bits per heavy atom. The van der Waals surface area contributed by atoms with Gasteiger partial charge in [-0.2, -0.15) is 4.98 Å². The predicted molar refractivity (Wildman–Crippen MR) is 65.7 cm³/mol. The van der Waals surface area contributed by atoms with Gasteiger partial charge in [0.15, 0.2) is 11.6 Å². The van der Waals surface area contributed by atoms with Crippen molar-refractivity contribution >= 4 is 11.8 Å². The standard InChI is InChI=1S/C11H19FN4O/c1-4-5-13-11-15-7-9(12)10(16-11)14-6-8(2)17-3/h7-8H,4-6H2,1-3H3,(H2,13,14,15,16).